The Labute approximate surface area is 104 Å². The number of carbonyl (C=O) groups is 1. The summed E-state index contributed by atoms with van der Waals surface area (Å²) in [5.41, 5.74) is 0.244. The Bertz CT molecular complexity index is 565. The van der Waals surface area contributed by atoms with Gasteiger partial charge in [-0.25, -0.2) is 14.1 Å². The van der Waals surface area contributed by atoms with Crippen molar-refractivity contribution < 1.29 is 9.18 Å². The molecule has 0 bridgehead atoms. The maximum Gasteiger partial charge on any atom is 0.172 e. The van der Waals surface area contributed by atoms with Gasteiger partial charge in [-0.1, -0.05) is 0 Å². The number of aromatic nitrogens is 4. The molecule has 18 heavy (non-hydrogen) atoms. The molecule has 0 saturated carbocycles. The molecule has 0 aliphatic carbocycles. The smallest absolute Gasteiger partial charge is 0.172 e. The van der Waals surface area contributed by atoms with Crippen LogP contribution in [0.2, 0.25) is 0 Å². The van der Waals surface area contributed by atoms with Crippen molar-refractivity contribution in [2.45, 2.75) is 26.3 Å². The molecule has 0 unspecified atom stereocenters. The Balaban J connectivity index is 2.19. The largest absolute Gasteiger partial charge is 0.294 e. The van der Waals surface area contributed by atoms with Gasteiger partial charge in [0.15, 0.2) is 5.78 Å². The van der Waals surface area contributed by atoms with Crippen LogP contribution in [-0.4, -0.2) is 25.5 Å². The van der Waals surface area contributed by atoms with Gasteiger partial charge < -0.3 is 0 Å². The second kappa shape index (κ2) is 5.03. The third-order valence-corrected chi connectivity index (χ3v) is 2.48. The molecule has 0 N–H and O–H groups in total. The summed E-state index contributed by atoms with van der Waals surface area (Å²) in [5.74, 6) is -0.178. The molecular weight excluding hydrogens is 235 g/mol. The fourth-order valence-corrected chi connectivity index (χ4v) is 1.64. The van der Waals surface area contributed by atoms with Crippen molar-refractivity contribution in [3.63, 3.8) is 0 Å². The molecule has 0 aromatic carbocycles. The van der Waals surface area contributed by atoms with Crippen LogP contribution in [0.1, 0.15) is 36.1 Å². The first-order valence-corrected chi connectivity index (χ1v) is 5.60. The number of halogens is 1. The Morgan fingerprint density at radius 1 is 1.44 bits per heavy atom. The molecule has 0 amide bonds. The number of pyridine rings is 1. The molecule has 0 aliphatic heterocycles. The molecular formula is C12H13FN4O. The molecule has 0 atom stereocenters. The zero-order valence-electron chi connectivity index (χ0n) is 10.2. The Hall–Kier alpha value is -2.11. The summed E-state index contributed by atoms with van der Waals surface area (Å²) in [7, 11) is 0. The second-order valence-corrected chi connectivity index (χ2v) is 4.21. The average molecular weight is 248 g/mol. The number of carbonyl (C=O) groups excluding carboxylic acids is 1. The van der Waals surface area contributed by atoms with Crippen molar-refractivity contribution in [2.75, 3.05) is 0 Å². The van der Waals surface area contributed by atoms with Crippen LogP contribution in [0.5, 0.6) is 0 Å². The van der Waals surface area contributed by atoms with Gasteiger partial charge in [0, 0.05) is 17.8 Å². The highest BCUT2D eigenvalue weighted by atomic mass is 19.1. The third kappa shape index (κ3) is 2.58. The highest BCUT2D eigenvalue weighted by Gasteiger charge is 2.14. The van der Waals surface area contributed by atoms with E-state index in [1.807, 2.05) is 13.8 Å². The average Bonchev–Trinajstić information content (AvgIpc) is 2.77. The predicted octanol–water partition coefficient (Wildman–Crippen LogP) is 1.82. The molecule has 2 heterocycles. The van der Waals surface area contributed by atoms with E-state index in [4.69, 9.17) is 0 Å². The van der Waals surface area contributed by atoms with Crippen LogP contribution >= 0.6 is 0 Å². The monoisotopic (exact) mass is 248 g/mol. The van der Waals surface area contributed by atoms with E-state index in [1.165, 1.54) is 18.6 Å². The van der Waals surface area contributed by atoms with E-state index in [1.54, 1.807) is 4.68 Å². The van der Waals surface area contributed by atoms with E-state index >= 15 is 0 Å². The van der Waals surface area contributed by atoms with Crippen LogP contribution in [-0.2, 0) is 6.42 Å². The number of rotatable bonds is 4. The number of hydrogen-bond acceptors (Lipinski definition) is 4. The highest BCUT2D eigenvalue weighted by Crippen LogP contribution is 2.09. The van der Waals surface area contributed by atoms with Gasteiger partial charge in [0.05, 0.1) is 12.6 Å². The van der Waals surface area contributed by atoms with E-state index in [2.05, 4.69) is 15.1 Å². The van der Waals surface area contributed by atoms with Gasteiger partial charge >= 0.3 is 0 Å². The van der Waals surface area contributed by atoms with Crippen LogP contribution in [0.4, 0.5) is 4.39 Å². The zero-order chi connectivity index (χ0) is 13.1. The summed E-state index contributed by atoms with van der Waals surface area (Å²) in [6.07, 6.45) is 3.91. The summed E-state index contributed by atoms with van der Waals surface area (Å²) in [6.45, 7) is 3.90. The number of hydrogen-bond donors (Lipinski definition) is 0. The summed E-state index contributed by atoms with van der Waals surface area (Å²) in [5, 5.41) is 4.04. The molecule has 2 rings (SSSR count). The summed E-state index contributed by atoms with van der Waals surface area (Å²) >= 11 is 0. The quantitative estimate of drug-likeness (QED) is 0.774. The first kappa shape index (κ1) is 12.3. The van der Waals surface area contributed by atoms with Crippen molar-refractivity contribution in [1.29, 1.82) is 0 Å². The standard InChI is InChI=1S/C12H13FN4O/c1-8(2)17-12(15-7-16-17)4-11(18)9-3-10(13)6-14-5-9/h3,5-8H,4H2,1-2H3. The molecule has 2 aromatic rings. The van der Waals surface area contributed by atoms with Crippen molar-refractivity contribution in [3.05, 3.63) is 42.0 Å². The van der Waals surface area contributed by atoms with E-state index in [0.29, 0.717) is 5.82 Å². The summed E-state index contributed by atoms with van der Waals surface area (Å²) in [6, 6.07) is 1.30. The van der Waals surface area contributed by atoms with Crippen LogP contribution < -0.4 is 0 Å². The number of nitrogens with zero attached hydrogens (tertiary/aromatic N) is 4. The molecule has 0 saturated heterocycles. The minimum absolute atomic E-state index is 0.0866. The minimum Gasteiger partial charge on any atom is -0.294 e. The first-order valence-electron chi connectivity index (χ1n) is 5.60. The fourth-order valence-electron chi connectivity index (χ4n) is 1.64. The lowest BCUT2D eigenvalue weighted by atomic mass is 10.1. The maximum absolute atomic E-state index is 13.0. The van der Waals surface area contributed by atoms with E-state index in [9.17, 15) is 9.18 Å². The Morgan fingerprint density at radius 2 is 2.22 bits per heavy atom. The molecule has 0 spiro atoms. The van der Waals surface area contributed by atoms with Crippen LogP contribution in [0.25, 0.3) is 0 Å². The second-order valence-electron chi connectivity index (χ2n) is 4.21. The lowest BCUT2D eigenvalue weighted by molar-refractivity contribution is 0.0988. The fraction of sp³-hybridized carbons (Fsp3) is 0.333. The summed E-state index contributed by atoms with van der Waals surface area (Å²) in [4.78, 5) is 19.6. The van der Waals surface area contributed by atoms with Crippen molar-refractivity contribution in [1.82, 2.24) is 19.7 Å². The van der Waals surface area contributed by atoms with Gasteiger partial charge in [-0.15, -0.1) is 0 Å². The summed E-state index contributed by atoms with van der Waals surface area (Å²) < 4.78 is 14.6. The maximum atomic E-state index is 13.0. The van der Waals surface area contributed by atoms with Crippen molar-refractivity contribution in [3.8, 4) is 0 Å². The van der Waals surface area contributed by atoms with Gasteiger partial charge in [-0.05, 0) is 19.9 Å². The van der Waals surface area contributed by atoms with Crippen molar-refractivity contribution >= 4 is 5.78 Å². The Morgan fingerprint density at radius 3 is 2.89 bits per heavy atom. The molecule has 0 radical (unpaired) electrons. The van der Waals surface area contributed by atoms with E-state index in [-0.39, 0.29) is 23.8 Å². The zero-order valence-corrected chi connectivity index (χ0v) is 10.2. The van der Waals surface area contributed by atoms with Gasteiger partial charge in [0.2, 0.25) is 0 Å². The van der Waals surface area contributed by atoms with Gasteiger partial charge in [0.25, 0.3) is 0 Å². The molecule has 6 heteroatoms. The van der Waals surface area contributed by atoms with Gasteiger partial charge in [0.1, 0.15) is 18.0 Å². The van der Waals surface area contributed by atoms with Crippen LogP contribution in [0.3, 0.4) is 0 Å². The third-order valence-electron chi connectivity index (χ3n) is 2.48. The lowest BCUT2D eigenvalue weighted by Gasteiger charge is -2.08. The van der Waals surface area contributed by atoms with E-state index < -0.39 is 5.82 Å². The van der Waals surface area contributed by atoms with E-state index in [0.717, 1.165) is 6.20 Å². The lowest BCUT2D eigenvalue weighted by Crippen LogP contribution is -2.13. The first-order chi connectivity index (χ1) is 8.58. The van der Waals surface area contributed by atoms with Crippen LogP contribution in [0, 0.1) is 5.82 Å². The van der Waals surface area contributed by atoms with Gasteiger partial charge in [-0.2, -0.15) is 5.10 Å². The number of ketones is 1. The predicted molar refractivity (Wildman–Crippen MR) is 62.6 cm³/mol. The Kier molecular flexibility index (Phi) is 3.45. The molecule has 2 aromatic heterocycles. The highest BCUT2D eigenvalue weighted by molar-refractivity contribution is 5.96. The van der Waals surface area contributed by atoms with Crippen molar-refractivity contribution in [2.24, 2.45) is 0 Å². The topological polar surface area (TPSA) is 60.7 Å². The SMILES string of the molecule is CC(C)n1ncnc1CC(=O)c1cncc(F)c1. The molecule has 0 aliphatic rings. The normalized spacial score (nSPS) is 10.9. The number of Topliss-reactive ketones (excluding diaryl/α,β-unsaturated/α-hetero) is 1. The van der Waals surface area contributed by atoms with Crippen LogP contribution in [0.15, 0.2) is 24.8 Å². The molecule has 94 valence electrons. The molecule has 0 fully saturated rings. The minimum atomic E-state index is -0.522. The molecule has 5 nitrogen and oxygen atoms in total. The van der Waals surface area contributed by atoms with Gasteiger partial charge in [-0.3, -0.25) is 9.78 Å².